The van der Waals surface area contributed by atoms with E-state index in [1.54, 1.807) is 6.08 Å². The SMILES string of the molecule is CCCCCCCCCC/C=C\CCCCCCCCCCCCCCCCCCCCCCCCCCCCCC(=O)NC(CO)C(O)/C=C/CCCCCCCCCCC. The van der Waals surface area contributed by atoms with Crippen molar-refractivity contribution in [2.24, 2.45) is 0 Å². The topological polar surface area (TPSA) is 69.6 Å². The lowest BCUT2D eigenvalue weighted by atomic mass is 10.0. The third-order valence-corrected chi connectivity index (χ3v) is 13.4. The van der Waals surface area contributed by atoms with E-state index in [4.69, 9.17) is 0 Å². The van der Waals surface area contributed by atoms with Crippen molar-refractivity contribution in [2.75, 3.05) is 6.61 Å². The Morgan fingerprint density at radius 3 is 0.887 bits per heavy atom. The number of rotatable bonds is 53. The Hall–Kier alpha value is -1.13. The van der Waals surface area contributed by atoms with Crippen LogP contribution in [0.3, 0.4) is 0 Å². The number of hydrogen-bond donors (Lipinski definition) is 3. The molecule has 0 rings (SSSR count). The first-order chi connectivity index (χ1) is 30.7. The van der Waals surface area contributed by atoms with Crippen LogP contribution in [0.15, 0.2) is 24.3 Å². The molecule has 2 atom stereocenters. The summed E-state index contributed by atoms with van der Waals surface area (Å²) < 4.78 is 0. The number of carbonyl (C=O) groups is 1. The van der Waals surface area contributed by atoms with Crippen molar-refractivity contribution in [1.29, 1.82) is 0 Å². The highest BCUT2D eigenvalue weighted by molar-refractivity contribution is 5.76. The van der Waals surface area contributed by atoms with E-state index in [1.807, 2.05) is 6.08 Å². The second kappa shape index (κ2) is 54.2. The molecule has 0 fully saturated rings. The van der Waals surface area contributed by atoms with Crippen LogP contribution >= 0.6 is 0 Å². The van der Waals surface area contributed by atoms with Crippen molar-refractivity contribution in [2.45, 2.75) is 334 Å². The third kappa shape index (κ3) is 49.9. The minimum absolute atomic E-state index is 0.0594. The van der Waals surface area contributed by atoms with Gasteiger partial charge in [-0.05, 0) is 44.9 Å². The summed E-state index contributed by atoms with van der Waals surface area (Å²) in [5, 5.41) is 23.0. The van der Waals surface area contributed by atoms with E-state index in [0.717, 1.165) is 25.7 Å². The molecule has 0 aliphatic carbocycles. The number of aliphatic hydroxyl groups excluding tert-OH is 2. The highest BCUT2D eigenvalue weighted by Gasteiger charge is 2.18. The summed E-state index contributed by atoms with van der Waals surface area (Å²) in [6.07, 6.45) is 72.3. The molecule has 4 heteroatoms. The summed E-state index contributed by atoms with van der Waals surface area (Å²) in [5.74, 6) is -0.0594. The first-order valence-electron chi connectivity index (χ1n) is 28.6. The molecule has 0 saturated heterocycles. The maximum absolute atomic E-state index is 12.4. The number of nitrogens with one attached hydrogen (secondary N) is 1. The third-order valence-electron chi connectivity index (χ3n) is 13.4. The van der Waals surface area contributed by atoms with Crippen molar-refractivity contribution < 1.29 is 15.0 Å². The smallest absolute Gasteiger partial charge is 0.220 e. The van der Waals surface area contributed by atoms with Crippen molar-refractivity contribution in [1.82, 2.24) is 5.32 Å². The molecule has 62 heavy (non-hydrogen) atoms. The summed E-state index contributed by atoms with van der Waals surface area (Å²) in [4.78, 5) is 12.4. The van der Waals surface area contributed by atoms with Gasteiger partial charge in [0.15, 0.2) is 0 Å². The van der Waals surface area contributed by atoms with Crippen molar-refractivity contribution in [3.8, 4) is 0 Å². The zero-order valence-electron chi connectivity index (χ0n) is 42.4. The van der Waals surface area contributed by atoms with Gasteiger partial charge in [-0.1, -0.05) is 295 Å². The molecule has 2 unspecified atom stereocenters. The molecule has 0 aromatic rings. The summed E-state index contributed by atoms with van der Waals surface area (Å²) in [7, 11) is 0. The van der Waals surface area contributed by atoms with Gasteiger partial charge >= 0.3 is 0 Å². The average molecular weight is 873 g/mol. The maximum Gasteiger partial charge on any atom is 0.220 e. The Labute approximate surface area is 389 Å². The summed E-state index contributed by atoms with van der Waals surface area (Å²) in [6, 6.07) is -0.617. The van der Waals surface area contributed by atoms with Crippen molar-refractivity contribution in [3.05, 3.63) is 24.3 Å². The van der Waals surface area contributed by atoms with E-state index in [-0.39, 0.29) is 12.5 Å². The number of aliphatic hydroxyl groups is 2. The van der Waals surface area contributed by atoms with Gasteiger partial charge in [0.25, 0.3) is 0 Å². The van der Waals surface area contributed by atoms with Gasteiger partial charge in [0.05, 0.1) is 18.8 Å². The molecule has 1 amide bonds. The fraction of sp³-hybridized carbons (Fsp3) is 0.914. The molecule has 0 aromatic heterocycles. The predicted octanol–water partition coefficient (Wildman–Crippen LogP) is 18.7. The van der Waals surface area contributed by atoms with Crippen LogP contribution < -0.4 is 5.32 Å². The van der Waals surface area contributed by atoms with Gasteiger partial charge in [-0.2, -0.15) is 0 Å². The molecule has 3 N–H and O–H groups in total. The Morgan fingerprint density at radius 1 is 0.371 bits per heavy atom. The zero-order valence-corrected chi connectivity index (χ0v) is 42.4. The van der Waals surface area contributed by atoms with Crippen LogP contribution in [0.1, 0.15) is 322 Å². The van der Waals surface area contributed by atoms with Gasteiger partial charge in [0.2, 0.25) is 5.91 Å². The fourth-order valence-electron chi connectivity index (χ4n) is 9.06. The van der Waals surface area contributed by atoms with Crippen molar-refractivity contribution >= 4 is 5.91 Å². The summed E-state index contributed by atoms with van der Waals surface area (Å²) in [5.41, 5.74) is 0. The monoisotopic (exact) mass is 872 g/mol. The highest BCUT2D eigenvalue weighted by atomic mass is 16.3. The second-order valence-electron chi connectivity index (χ2n) is 19.7. The lowest BCUT2D eigenvalue weighted by molar-refractivity contribution is -0.123. The maximum atomic E-state index is 12.4. The van der Waals surface area contributed by atoms with Gasteiger partial charge in [-0.25, -0.2) is 0 Å². The molecule has 0 aromatic carbocycles. The molecule has 0 radical (unpaired) electrons. The van der Waals surface area contributed by atoms with Crippen LogP contribution in [0.4, 0.5) is 0 Å². The first kappa shape index (κ1) is 60.9. The molecule has 0 heterocycles. The lowest BCUT2D eigenvalue weighted by Crippen LogP contribution is -2.45. The van der Waals surface area contributed by atoms with Crippen LogP contribution in [0.5, 0.6) is 0 Å². The van der Waals surface area contributed by atoms with Gasteiger partial charge in [-0.15, -0.1) is 0 Å². The molecule has 4 nitrogen and oxygen atoms in total. The molecule has 368 valence electrons. The number of carbonyl (C=O) groups excluding carboxylic acids is 1. The summed E-state index contributed by atoms with van der Waals surface area (Å²) >= 11 is 0. The Kier molecular flexibility index (Phi) is 53.2. The van der Waals surface area contributed by atoms with Crippen LogP contribution in [0.25, 0.3) is 0 Å². The van der Waals surface area contributed by atoms with E-state index < -0.39 is 12.1 Å². The van der Waals surface area contributed by atoms with Gasteiger partial charge < -0.3 is 15.5 Å². The predicted molar refractivity (Wildman–Crippen MR) is 276 cm³/mol. The standard InChI is InChI=1S/C58H113NO3/c1-3-5-7-9-11-13-15-16-17-18-19-20-21-22-23-24-25-26-27-28-29-30-31-32-33-34-35-36-37-38-39-40-41-42-44-46-48-50-52-54-58(62)59-56(55-60)57(61)53-51-49-47-45-43-14-12-10-8-6-4-2/h18-19,51,53,56-57,60-61H,3-17,20-50,52,54-55H2,1-2H3,(H,59,62)/b19-18-,53-51+. The highest BCUT2D eigenvalue weighted by Crippen LogP contribution is 2.18. The normalized spacial score (nSPS) is 12.9. The van der Waals surface area contributed by atoms with E-state index in [0.29, 0.717) is 6.42 Å². The van der Waals surface area contributed by atoms with Gasteiger partial charge in [0.1, 0.15) is 0 Å². The van der Waals surface area contributed by atoms with Crippen LogP contribution in [-0.4, -0.2) is 34.9 Å². The van der Waals surface area contributed by atoms with E-state index in [9.17, 15) is 15.0 Å². The average Bonchev–Trinajstić information content (AvgIpc) is 3.28. The van der Waals surface area contributed by atoms with Crippen molar-refractivity contribution in [3.63, 3.8) is 0 Å². The lowest BCUT2D eigenvalue weighted by Gasteiger charge is -2.20. The van der Waals surface area contributed by atoms with E-state index in [2.05, 4.69) is 31.3 Å². The number of hydrogen-bond acceptors (Lipinski definition) is 3. The van der Waals surface area contributed by atoms with Crippen LogP contribution in [-0.2, 0) is 4.79 Å². The fourth-order valence-corrected chi connectivity index (χ4v) is 9.06. The van der Waals surface area contributed by atoms with Crippen LogP contribution in [0.2, 0.25) is 0 Å². The second-order valence-corrected chi connectivity index (χ2v) is 19.7. The minimum atomic E-state index is -0.834. The first-order valence-corrected chi connectivity index (χ1v) is 28.6. The Morgan fingerprint density at radius 2 is 0.613 bits per heavy atom. The molecule has 0 bridgehead atoms. The van der Waals surface area contributed by atoms with Gasteiger partial charge in [0, 0.05) is 6.42 Å². The Bertz CT molecular complexity index is 901. The Balaban J connectivity index is 3.34. The molecular formula is C58H113NO3. The van der Waals surface area contributed by atoms with E-state index in [1.165, 1.54) is 276 Å². The summed E-state index contributed by atoms with van der Waals surface area (Å²) in [6.45, 7) is 4.32. The van der Waals surface area contributed by atoms with Gasteiger partial charge in [-0.3, -0.25) is 4.79 Å². The quantitative estimate of drug-likeness (QED) is 0.0421. The molecular weight excluding hydrogens is 759 g/mol. The molecule has 0 aliphatic rings. The molecule has 0 spiro atoms. The number of amides is 1. The molecule has 0 saturated carbocycles. The molecule has 0 aliphatic heterocycles. The minimum Gasteiger partial charge on any atom is -0.394 e. The number of allylic oxidation sites excluding steroid dienone is 3. The largest absolute Gasteiger partial charge is 0.394 e. The zero-order chi connectivity index (χ0) is 44.9. The number of unbranched alkanes of at least 4 members (excludes halogenated alkanes) is 44. The van der Waals surface area contributed by atoms with Crippen LogP contribution in [0, 0.1) is 0 Å². The van der Waals surface area contributed by atoms with E-state index >= 15 is 0 Å².